The normalized spacial score (nSPS) is 11.5. The smallest absolute Gasteiger partial charge is 0.139 e. The average Bonchev–Trinajstić information content (AvgIpc) is 2.54. The summed E-state index contributed by atoms with van der Waals surface area (Å²) >= 11 is 0. The minimum atomic E-state index is 0.343. The predicted octanol–water partition coefficient (Wildman–Crippen LogP) is 2.38. The van der Waals surface area contributed by atoms with Gasteiger partial charge in [-0.2, -0.15) is 0 Å². The molecular formula is C13H18N2O. The Morgan fingerprint density at radius 2 is 2.12 bits per heavy atom. The fourth-order valence-electron chi connectivity index (χ4n) is 1.93. The van der Waals surface area contributed by atoms with Gasteiger partial charge >= 0.3 is 0 Å². The summed E-state index contributed by atoms with van der Waals surface area (Å²) in [6.45, 7) is 5.07. The minimum absolute atomic E-state index is 0.343. The molecule has 0 aliphatic heterocycles. The molecule has 1 heterocycles. The van der Waals surface area contributed by atoms with Crippen LogP contribution in [0.4, 0.5) is 0 Å². The largest absolute Gasteiger partial charge is 0.506 e. The number of nitrogens with zero attached hydrogens (tertiary/aromatic N) is 1. The molecule has 1 aromatic heterocycles. The van der Waals surface area contributed by atoms with Crippen molar-refractivity contribution in [2.24, 2.45) is 7.05 Å². The Morgan fingerprint density at radius 3 is 2.75 bits per heavy atom. The van der Waals surface area contributed by atoms with Gasteiger partial charge in [0.25, 0.3) is 0 Å². The number of phenols is 1. The maximum atomic E-state index is 9.80. The van der Waals surface area contributed by atoms with Crippen LogP contribution in [0.1, 0.15) is 19.5 Å². The second kappa shape index (κ2) is 4.18. The van der Waals surface area contributed by atoms with E-state index in [1.54, 1.807) is 6.07 Å². The zero-order valence-corrected chi connectivity index (χ0v) is 9.99. The van der Waals surface area contributed by atoms with Crippen LogP contribution in [0.15, 0.2) is 24.3 Å². The molecule has 0 saturated carbocycles. The van der Waals surface area contributed by atoms with Gasteiger partial charge in [0, 0.05) is 30.7 Å². The van der Waals surface area contributed by atoms with Crippen molar-refractivity contribution >= 4 is 10.9 Å². The first-order valence-corrected chi connectivity index (χ1v) is 5.59. The maximum absolute atomic E-state index is 9.80. The summed E-state index contributed by atoms with van der Waals surface area (Å²) in [6, 6.07) is 8.20. The van der Waals surface area contributed by atoms with Crippen molar-refractivity contribution < 1.29 is 5.11 Å². The number of phenolic OH excluding ortho intramolecular Hbond substituents is 1. The summed E-state index contributed by atoms with van der Waals surface area (Å²) in [5, 5.41) is 14.3. The molecular weight excluding hydrogens is 200 g/mol. The van der Waals surface area contributed by atoms with Crippen molar-refractivity contribution in [1.29, 1.82) is 0 Å². The predicted molar refractivity (Wildman–Crippen MR) is 66.6 cm³/mol. The number of hydrogen-bond donors (Lipinski definition) is 2. The Morgan fingerprint density at radius 1 is 1.38 bits per heavy atom. The second-order valence-corrected chi connectivity index (χ2v) is 4.45. The van der Waals surface area contributed by atoms with E-state index in [0.29, 0.717) is 11.8 Å². The molecule has 0 aliphatic carbocycles. The van der Waals surface area contributed by atoms with Crippen molar-refractivity contribution in [3.8, 4) is 5.75 Å². The summed E-state index contributed by atoms with van der Waals surface area (Å²) in [5.74, 6) is 0.343. The van der Waals surface area contributed by atoms with E-state index >= 15 is 0 Å². The van der Waals surface area contributed by atoms with Crippen LogP contribution in [0.2, 0.25) is 0 Å². The third kappa shape index (κ3) is 1.91. The van der Waals surface area contributed by atoms with Gasteiger partial charge in [0.15, 0.2) is 0 Å². The van der Waals surface area contributed by atoms with Gasteiger partial charge in [0.05, 0.1) is 5.52 Å². The Balaban J connectivity index is 2.40. The number of aromatic hydroxyl groups is 1. The van der Waals surface area contributed by atoms with Gasteiger partial charge in [-0.1, -0.05) is 26.0 Å². The maximum Gasteiger partial charge on any atom is 0.139 e. The molecule has 0 bridgehead atoms. The van der Waals surface area contributed by atoms with Gasteiger partial charge in [-0.25, -0.2) is 0 Å². The number of rotatable bonds is 3. The zero-order valence-electron chi connectivity index (χ0n) is 9.99. The van der Waals surface area contributed by atoms with E-state index in [0.717, 1.165) is 17.4 Å². The Hall–Kier alpha value is -1.48. The lowest BCUT2D eigenvalue weighted by Gasteiger charge is -2.09. The van der Waals surface area contributed by atoms with Gasteiger partial charge in [-0.15, -0.1) is 0 Å². The minimum Gasteiger partial charge on any atom is -0.506 e. The van der Waals surface area contributed by atoms with Crippen LogP contribution in [0.25, 0.3) is 10.9 Å². The van der Waals surface area contributed by atoms with E-state index in [4.69, 9.17) is 0 Å². The highest BCUT2D eigenvalue weighted by atomic mass is 16.3. The molecule has 0 atom stereocenters. The average molecular weight is 218 g/mol. The van der Waals surface area contributed by atoms with Crippen LogP contribution in [0.5, 0.6) is 5.75 Å². The molecule has 16 heavy (non-hydrogen) atoms. The standard InChI is InChI=1S/C13H18N2O/c1-9(2)14-8-11-7-10-5-4-6-12(16)13(10)15(11)3/h4-7,9,14,16H,8H2,1-3H3. The molecule has 3 nitrogen and oxygen atoms in total. The quantitative estimate of drug-likeness (QED) is 0.830. The van der Waals surface area contributed by atoms with Gasteiger partial charge in [0.1, 0.15) is 5.75 Å². The molecule has 0 unspecified atom stereocenters. The lowest BCUT2D eigenvalue weighted by atomic mass is 10.2. The molecule has 86 valence electrons. The number of aryl methyl sites for hydroxylation is 1. The number of benzene rings is 1. The number of hydrogen-bond acceptors (Lipinski definition) is 2. The molecule has 0 radical (unpaired) electrons. The Bertz CT molecular complexity index is 500. The SMILES string of the molecule is CC(C)NCc1cc2cccc(O)c2n1C. The fraction of sp³-hybridized carbons (Fsp3) is 0.385. The third-order valence-electron chi connectivity index (χ3n) is 2.83. The van der Waals surface area contributed by atoms with Crippen molar-refractivity contribution in [2.45, 2.75) is 26.4 Å². The van der Waals surface area contributed by atoms with Crippen LogP contribution < -0.4 is 5.32 Å². The lowest BCUT2D eigenvalue weighted by molar-refractivity contribution is 0.478. The first kappa shape index (κ1) is 11.0. The van der Waals surface area contributed by atoms with Crippen molar-refractivity contribution in [3.05, 3.63) is 30.0 Å². The van der Waals surface area contributed by atoms with Crippen LogP contribution in [-0.4, -0.2) is 15.7 Å². The highest BCUT2D eigenvalue weighted by Crippen LogP contribution is 2.26. The van der Waals surface area contributed by atoms with E-state index in [1.807, 2.05) is 23.7 Å². The summed E-state index contributed by atoms with van der Waals surface area (Å²) in [5.41, 5.74) is 2.09. The van der Waals surface area contributed by atoms with Crippen LogP contribution in [0, 0.1) is 0 Å². The first-order chi connectivity index (χ1) is 7.59. The number of nitrogens with one attached hydrogen (secondary N) is 1. The molecule has 2 aromatic rings. The van der Waals surface area contributed by atoms with Gasteiger partial charge < -0.3 is 15.0 Å². The van der Waals surface area contributed by atoms with E-state index in [1.165, 1.54) is 5.69 Å². The Labute approximate surface area is 95.7 Å². The van der Waals surface area contributed by atoms with Crippen LogP contribution in [0.3, 0.4) is 0 Å². The monoisotopic (exact) mass is 218 g/mol. The number of fused-ring (bicyclic) bond motifs is 1. The molecule has 0 amide bonds. The number of para-hydroxylation sites is 1. The lowest BCUT2D eigenvalue weighted by Crippen LogP contribution is -2.22. The third-order valence-corrected chi connectivity index (χ3v) is 2.83. The van der Waals surface area contributed by atoms with E-state index in [2.05, 4.69) is 25.2 Å². The van der Waals surface area contributed by atoms with E-state index < -0.39 is 0 Å². The first-order valence-electron chi connectivity index (χ1n) is 5.59. The van der Waals surface area contributed by atoms with Crippen molar-refractivity contribution in [2.75, 3.05) is 0 Å². The molecule has 0 aliphatic rings. The van der Waals surface area contributed by atoms with Gasteiger partial charge in [0.2, 0.25) is 0 Å². The number of aromatic nitrogens is 1. The van der Waals surface area contributed by atoms with Gasteiger partial charge in [-0.05, 0) is 12.1 Å². The molecule has 0 spiro atoms. The summed E-state index contributed by atoms with van der Waals surface area (Å²) in [4.78, 5) is 0. The summed E-state index contributed by atoms with van der Waals surface area (Å²) in [6.07, 6.45) is 0. The molecule has 0 saturated heterocycles. The molecule has 2 N–H and O–H groups in total. The topological polar surface area (TPSA) is 37.2 Å². The van der Waals surface area contributed by atoms with Crippen LogP contribution in [-0.2, 0) is 13.6 Å². The highest BCUT2D eigenvalue weighted by Gasteiger charge is 2.08. The van der Waals surface area contributed by atoms with Crippen molar-refractivity contribution in [1.82, 2.24) is 9.88 Å². The van der Waals surface area contributed by atoms with Crippen LogP contribution >= 0.6 is 0 Å². The fourth-order valence-corrected chi connectivity index (χ4v) is 1.93. The second-order valence-electron chi connectivity index (χ2n) is 4.45. The molecule has 2 rings (SSSR count). The van der Waals surface area contributed by atoms with Gasteiger partial charge in [-0.3, -0.25) is 0 Å². The summed E-state index contributed by atoms with van der Waals surface area (Å²) < 4.78 is 2.04. The van der Waals surface area contributed by atoms with E-state index in [-0.39, 0.29) is 0 Å². The van der Waals surface area contributed by atoms with Crippen molar-refractivity contribution in [3.63, 3.8) is 0 Å². The highest BCUT2D eigenvalue weighted by molar-refractivity contribution is 5.86. The van der Waals surface area contributed by atoms with E-state index in [9.17, 15) is 5.11 Å². The Kier molecular flexibility index (Phi) is 2.88. The zero-order chi connectivity index (χ0) is 11.7. The summed E-state index contributed by atoms with van der Waals surface area (Å²) in [7, 11) is 1.99. The molecule has 0 fully saturated rings. The molecule has 1 aromatic carbocycles. The molecule has 3 heteroatoms.